The Morgan fingerprint density at radius 1 is 1.11 bits per heavy atom. The zero-order chi connectivity index (χ0) is 13.2. The van der Waals surface area contributed by atoms with Crippen molar-refractivity contribution in [3.63, 3.8) is 0 Å². The highest BCUT2D eigenvalue weighted by molar-refractivity contribution is 7.99. The van der Waals surface area contributed by atoms with Gasteiger partial charge in [0.25, 0.3) is 0 Å². The lowest BCUT2D eigenvalue weighted by atomic mass is 10.2. The number of nitrogens with two attached hydrogens (primary N) is 1. The topological polar surface area (TPSA) is 41.8 Å². The van der Waals surface area contributed by atoms with Gasteiger partial charge in [-0.2, -0.15) is 0 Å². The molecular weight excluding hydrogens is 259 g/mol. The lowest BCUT2D eigenvalue weighted by molar-refractivity contribution is 0.604. The molecule has 4 heteroatoms. The van der Waals surface area contributed by atoms with Crippen LogP contribution in [0.15, 0.2) is 58.5 Å². The molecule has 3 rings (SSSR count). The molecule has 0 fully saturated rings. The minimum absolute atomic E-state index is 0.204. The van der Waals surface area contributed by atoms with Crippen LogP contribution in [0, 0.1) is 5.82 Å². The molecule has 0 aliphatic carbocycles. The Morgan fingerprint density at radius 3 is 2.74 bits per heavy atom. The Morgan fingerprint density at radius 2 is 1.95 bits per heavy atom. The van der Waals surface area contributed by atoms with Crippen LogP contribution in [0.2, 0.25) is 0 Å². The zero-order valence-corrected chi connectivity index (χ0v) is 11.0. The molecule has 0 bridgehead atoms. The average Bonchev–Trinajstić information content (AvgIpc) is 2.81. The number of aromatic amines is 1. The van der Waals surface area contributed by atoms with Crippen LogP contribution in [0.4, 0.5) is 4.39 Å². The van der Waals surface area contributed by atoms with Gasteiger partial charge in [-0.15, -0.1) is 0 Å². The number of para-hydroxylation sites is 1. The highest BCUT2D eigenvalue weighted by atomic mass is 32.2. The fourth-order valence-corrected chi connectivity index (χ4v) is 3.09. The van der Waals surface area contributed by atoms with E-state index < -0.39 is 0 Å². The molecule has 0 aliphatic rings. The van der Waals surface area contributed by atoms with Gasteiger partial charge in [0.2, 0.25) is 0 Å². The third-order valence-corrected chi connectivity index (χ3v) is 4.05. The Hall–Kier alpha value is -1.78. The summed E-state index contributed by atoms with van der Waals surface area (Å²) in [7, 11) is 0. The number of hydrogen-bond donors (Lipinski definition) is 2. The summed E-state index contributed by atoms with van der Waals surface area (Å²) in [4.78, 5) is 4.17. The van der Waals surface area contributed by atoms with Crippen LogP contribution in [0.5, 0.6) is 0 Å². The van der Waals surface area contributed by atoms with Crippen molar-refractivity contribution < 1.29 is 4.39 Å². The van der Waals surface area contributed by atoms with Crippen molar-refractivity contribution in [3.8, 4) is 0 Å². The van der Waals surface area contributed by atoms with Crippen LogP contribution in [0.25, 0.3) is 10.9 Å². The standard InChI is InChI=1S/C15H13FN2S/c16-12-5-3-7-14(11(12)9-17)19-15-8-10-4-1-2-6-13(10)18-15/h1-8,18H,9,17H2. The van der Waals surface area contributed by atoms with E-state index in [4.69, 9.17) is 5.73 Å². The lowest BCUT2D eigenvalue weighted by Crippen LogP contribution is -2.01. The van der Waals surface area contributed by atoms with Crippen molar-refractivity contribution in [1.29, 1.82) is 0 Å². The molecule has 0 radical (unpaired) electrons. The third-order valence-electron chi connectivity index (χ3n) is 3.01. The van der Waals surface area contributed by atoms with E-state index in [0.29, 0.717) is 5.56 Å². The van der Waals surface area contributed by atoms with E-state index in [1.54, 1.807) is 6.07 Å². The molecular formula is C15H13FN2S. The maximum absolute atomic E-state index is 13.7. The van der Waals surface area contributed by atoms with Gasteiger partial charge >= 0.3 is 0 Å². The van der Waals surface area contributed by atoms with Crippen molar-refractivity contribution in [1.82, 2.24) is 4.98 Å². The monoisotopic (exact) mass is 272 g/mol. The summed E-state index contributed by atoms with van der Waals surface area (Å²) in [6, 6.07) is 15.2. The molecule has 0 saturated heterocycles. The van der Waals surface area contributed by atoms with Gasteiger partial charge in [0, 0.05) is 27.9 Å². The maximum atomic E-state index is 13.7. The van der Waals surface area contributed by atoms with Gasteiger partial charge in [-0.25, -0.2) is 4.39 Å². The molecule has 1 heterocycles. The molecule has 19 heavy (non-hydrogen) atoms. The summed E-state index contributed by atoms with van der Waals surface area (Å²) in [5.74, 6) is -0.247. The quantitative estimate of drug-likeness (QED) is 0.759. The maximum Gasteiger partial charge on any atom is 0.128 e. The van der Waals surface area contributed by atoms with E-state index in [1.807, 2.05) is 30.3 Å². The molecule has 0 amide bonds. The van der Waals surface area contributed by atoms with Crippen LogP contribution in [0.3, 0.4) is 0 Å². The van der Waals surface area contributed by atoms with Crippen molar-refractivity contribution >= 4 is 22.7 Å². The van der Waals surface area contributed by atoms with Gasteiger partial charge < -0.3 is 10.7 Å². The van der Waals surface area contributed by atoms with E-state index in [0.717, 1.165) is 20.8 Å². The first-order valence-electron chi connectivity index (χ1n) is 6.01. The Balaban J connectivity index is 1.99. The van der Waals surface area contributed by atoms with Crippen LogP contribution >= 0.6 is 11.8 Å². The molecule has 0 unspecified atom stereocenters. The molecule has 0 aliphatic heterocycles. The molecule has 96 valence electrons. The molecule has 2 aromatic carbocycles. The summed E-state index contributed by atoms with van der Waals surface area (Å²) < 4.78 is 13.7. The van der Waals surface area contributed by atoms with E-state index >= 15 is 0 Å². The predicted molar refractivity (Wildman–Crippen MR) is 76.7 cm³/mol. The Labute approximate surface area is 114 Å². The highest BCUT2D eigenvalue weighted by Crippen LogP contribution is 2.32. The molecule has 0 spiro atoms. The number of benzene rings is 2. The largest absolute Gasteiger partial charge is 0.349 e. The average molecular weight is 272 g/mol. The SMILES string of the molecule is NCc1c(F)cccc1Sc1cc2ccccc2[nH]1. The summed E-state index contributed by atoms with van der Waals surface area (Å²) >= 11 is 1.50. The van der Waals surface area contributed by atoms with Crippen molar-refractivity contribution in [2.75, 3.05) is 0 Å². The number of halogens is 1. The number of H-pyrrole nitrogens is 1. The van der Waals surface area contributed by atoms with Crippen LogP contribution in [-0.2, 0) is 6.54 Å². The fourth-order valence-electron chi connectivity index (χ4n) is 2.05. The number of fused-ring (bicyclic) bond motifs is 1. The van der Waals surface area contributed by atoms with Crippen molar-refractivity contribution in [3.05, 3.63) is 59.9 Å². The minimum Gasteiger partial charge on any atom is -0.349 e. The van der Waals surface area contributed by atoms with Gasteiger partial charge in [-0.3, -0.25) is 0 Å². The second kappa shape index (κ2) is 5.07. The van der Waals surface area contributed by atoms with E-state index in [9.17, 15) is 4.39 Å². The summed E-state index contributed by atoms with van der Waals surface area (Å²) in [5.41, 5.74) is 7.26. The smallest absolute Gasteiger partial charge is 0.128 e. The van der Waals surface area contributed by atoms with Gasteiger partial charge in [-0.05, 0) is 24.3 Å². The number of aromatic nitrogens is 1. The second-order valence-corrected chi connectivity index (χ2v) is 5.33. The Bertz CT molecular complexity index is 688. The molecule has 0 atom stereocenters. The van der Waals surface area contributed by atoms with E-state index in [-0.39, 0.29) is 12.4 Å². The second-order valence-electron chi connectivity index (χ2n) is 4.24. The fraction of sp³-hybridized carbons (Fsp3) is 0.0667. The van der Waals surface area contributed by atoms with Gasteiger partial charge in [-0.1, -0.05) is 36.0 Å². The lowest BCUT2D eigenvalue weighted by Gasteiger charge is -2.06. The summed E-state index contributed by atoms with van der Waals surface area (Å²) in [6.07, 6.45) is 0. The zero-order valence-electron chi connectivity index (χ0n) is 10.2. The van der Waals surface area contributed by atoms with E-state index in [1.165, 1.54) is 17.8 Å². The van der Waals surface area contributed by atoms with Gasteiger partial charge in [0.1, 0.15) is 5.82 Å². The normalized spacial score (nSPS) is 11.1. The predicted octanol–water partition coefficient (Wildman–Crippen LogP) is 3.92. The van der Waals surface area contributed by atoms with Gasteiger partial charge in [0.15, 0.2) is 0 Å². The molecule has 3 N–H and O–H groups in total. The van der Waals surface area contributed by atoms with Crippen LogP contribution < -0.4 is 5.73 Å². The Kier molecular flexibility index (Phi) is 3.27. The first-order valence-corrected chi connectivity index (χ1v) is 6.82. The molecule has 3 aromatic rings. The molecule has 1 aromatic heterocycles. The number of rotatable bonds is 3. The first-order chi connectivity index (χ1) is 9.28. The highest BCUT2D eigenvalue weighted by Gasteiger charge is 2.09. The number of hydrogen-bond acceptors (Lipinski definition) is 2. The minimum atomic E-state index is -0.247. The summed E-state index contributed by atoms with van der Waals surface area (Å²) in [5, 5.41) is 2.14. The number of nitrogens with one attached hydrogen (secondary N) is 1. The first kappa shape index (κ1) is 12.3. The molecule has 0 saturated carbocycles. The van der Waals surface area contributed by atoms with Crippen LogP contribution in [0.1, 0.15) is 5.56 Å². The third kappa shape index (κ3) is 2.37. The van der Waals surface area contributed by atoms with Crippen molar-refractivity contribution in [2.24, 2.45) is 5.73 Å². The van der Waals surface area contributed by atoms with Crippen LogP contribution in [-0.4, -0.2) is 4.98 Å². The van der Waals surface area contributed by atoms with Crippen molar-refractivity contribution in [2.45, 2.75) is 16.5 Å². The van der Waals surface area contributed by atoms with E-state index in [2.05, 4.69) is 11.1 Å². The van der Waals surface area contributed by atoms with Gasteiger partial charge in [0.05, 0.1) is 5.03 Å². The molecule has 2 nitrogen and oxygen atoms in total. The summed E-state index contributed by atoms with van der Waals surface area (Å²) in [6.45, 7) is 0.204.